The van der Waals surface area contributed by atoms with Crippen molar-refractivity contribution in [3.05, 3.63) is 64.7 Å². The summed E-state index contributed by atoms with van der Waals surface area (Å²) < 4.78 is 0. The van der Waals surface area contributed by atoms with E-state index in [1.807, 2.05) is 0 Å². The van der Waals surface area contributed by atoms with E-state index in [2.05, 4.69) is 108 Å². The number of aryl methyl sites for hydroxylation is 1. The first-order chi connectivity index (χ1) is 23.8. The van der Waals surface area contributed by atoms with Crippen LogP contribution in [0, 0.1) is 30.6 Å². The van der Waals surface area contributed by atoms with Crippen molar-refractivity contribution in [2.75, 3.05) is 9.80 Å². The van der Waals surface area contributed by atoms with Gasteiger partial charge in [0.2, 0.25) is 0 Å². The van der Waals surface area contributed by atoms with Crippen LogP contribution in [0.3, 0.4) is 0 Å². The van der Waals surface area contributed by atoms with Crippen LogP contribution in [-0.4, -0.2) is 17.8 Å². The minimum atomic E-state index is 0.0707. The van der Waals surface area contributed by atoms with Gasteiger partial charge in [-0.1, -0.05) is 103 Å². The number of para-hydroxylation sites is 1. The molecule has 0 N–H and O–H groups in total. The van der Waals surface area contributed by atoms with Gasteiger partial charge in [0.15, 0.2) is 0 Å². The van der Waals surface area contributed by atoms with Crippen molar-refractivity contribution in [2.24, 2.45) is 23.7 Å². The van der Waals surface area contributed by atoms with Crippen molar-refractivity contribution >= 4 is 45.9 Å². The topological polar surface area (TPSA) is 6.48 Å². The third-order valence-electron chi connectivity index (χ3n) is 17.8. The van der Waals surface area contributed by atoms with Crippen LogP contribution in [0.1, 0.15) is 148 Å². The summed E-state index contributed by atoms with van der Waals surface area (Å²) in [5, 5.41) is 0. The second-order valence-electron chi connectivity index (χ2n) is 20.6. The fourth-order valence-electron chi connectivity index (χ4n) is 15.1. The largest absolute Gasteiger partial charge is 0.335 e. The lowest BCUT2D eigenvalue weighted by atomic mass is 9.33. The molecule has 8 atom stereocenters. The summed E-state index contributed by atoms with van der Waals surface area (Å²) in [5.41, 5.74) is 18.0. The highest BCUT2D eigenvalue weighted by atomic mass is 15.3. The van der Waals surface area contributed by atoms with Crippen molar-refractivity contribution in [1.82, 2.24) is 0 Å². The second-order valence-corrected chi connectivity index (χ2v) is 20.6. The van der Waals surface area contributed by atoms with Crippen molar-refractivity contribution in [2.45, 2.75) is 160 Å². The average Bonchev–Trinajstić information content (AvgIpc) is 3.45. The molecule has 50 heavy (non-hydrogen) atoms. The normalized spacial score (nSPS) is 38.4. The molecule has 0 aromatic heterocycles. The van der Waals surface area contributed by atoms with Gasteiger partial charge in [-0.05, 0) is 139 Å². The molecular formula is C47H59BN2. The fraction of sp³-hybridized carbons (Fsp3) is 0.617. The van der Waals surface area contributed by atoms with Gasteiger partial charge in [-0.3, -0.25) is 0 Å². The monoisotopic (exact) mass is 662 g/mol. The number of nitrogens with zero attached hydrogens (tertiary/aromatic N) is 2. The summed E-state index contributed by atoms with van der Waals surface area (Å²) in [6, 6.07) is 18.3. The Balaban J connectivity index is 1.26. The lowest BCUT2D eigenvalue weighted by Gasteiger charge is -2.61. The van der Waals surface area contributed by atoms with E-state index in [1.165, 1.54) is 88.2 Å². The molecule has 260 valence electrons. The molecule has 4 aliphatic heterocycles. The molecule has 0 amide bonds. The molecule has 0 saturated heterocycles. The number of hydrogen-bond acceptors (Lipinski definition) is 2. The summed E-state index contributed by atoms with van der Waals surface area (Å²) in [7, 11) is 0. The van der Waals surface area contributed by atoms with E-state index in [-0.39, 0.29) is 34.0 Å². The molecule has 3 aromatic rings. The molecular weight excluding hydrogens is 603 g/mol. The zero-order valence-corrected chi connectivity index (χ0v) is 32.3. The van der Waals surface area contributed by atoms with E-state index < -0.39 is 0 Å². The Morgan fingerprint density at radius 2 is 1.18 bits per heavy atom. The van der Waals surface area contributed by atoms with Gasteiger partial charge < -0.3 is 9.80 Å². The van der Waals surface area contributed by atoms with Crippen molar-refractivity contribution in [3.63, 3.8) is 0 Å². The Labute approximate surface area is 302 Å². The highest BCUT2D eigenvalue weighted by Crippen LogP contribution is 2.69. The molecule has 0 bridgehead atoms. The number of anilines is 4. The van der Waals surface area contributed by atoms with Gasteiger partial charge in [0.1, 0.15) is 0 Å². The van der Waals surface area contributed by atoms with Crippen LogP contribution >= 0.6 is 0 Å². The fourth-order valence-corrected chi connectivity index (χ4v) is 15.1. The Kier molecular flexibility index (Phi) is 5.84. The zero-order chi connectivity index (χ0) is 34.3. The van der Waals surface area contributed by atoms with Gasteiger partial charge in [-0.15, -0.1) is 0 Å². The van der Waals surface area contributed by atoms with Gasteiger partial charge in [-0.2, -0.15) is 0 Å². The average molecular weight is 663 g/mol. The first-order valence-electron chi connectivity index (χ1n) is 20.9. The van der Waals surface area contributed by atoms with E-state index in [1.54, 1.807) is 50.3 Å². The van der Waals surface area contributed by atoms with Crippen LogP contribution in [0.5, 0.6) is 0 Å². The van der Waals surface area contributed by atoms with E-state index in [9.17, 15) is 0 Å². The molecule has 8 aliphatic rings. The molecule has 4 aliphatic carbocycles. The van der Waals surface area contributed by atoms with E-state index in [0.29, 0.717) is 0 Å². The predicted molar refractivity (Wildman–Crippen MR) is 213 cm³/mol. The SMILES string of the molecule is Cc1cc2c3c(c1)N1c4c(cc(C(C)(C)C)cc4C4(C)CCC5CCCCC5C14C)B3c1cccc3c1N2C1(C)C2CCCCC2CCC31C. The first-order valence-corrected chi connectivity index (χ1v) is 20.9. The Morgan fingerprint density at radius 1 is 0.640 bits per heavy atom. The molecule has 0 radical (unpaired) electrons. The van der Waals surface area contributed by atoms with Crippen LogP contribution in [0.15, 0.2) is 42.5 Å². The summed E-state index contributed by atoms with van der Waals surface area (Å²) in [5.74, 6) is 3.19. The van der Waals surface area contributed by atoms with Crippen molar-refractivity contribution < 1.29 is 0 Å². The first kappa shape index (κ1) is 30.9. The molecule has 3 heteroatoms. The number of rotatable bonds is 0. The number of benzene rings is 3. The van der Waals surface area contributed by atoms with Crippen LogP contribution < -0.4 is 26.2 Å². The quantitative estimate of drug-likeness (QED) is 0.221. The summed E-state index contributed by atoms with van der Waals surface area (Å²) in [6.45, 7) is 20.9. The maximum absolute atomic E-state index is 3.05. The molecule has 4 heterocycles. The van der Waals surface area contributed by atoms with Gasteiger partial charge in [0.25, 0.3) is 6.71 Å². The summed E-state index contributed by atoms with van der Waals surface area (Å²) in [4.78, 5) is 6.08. The summed E-state index contributed by atoms with van der Waals surface area (Å²) >= 11 is 0. The van der Waals surface area contributed by atoms with E-state index >= 15 is 0 Å². The number of fused-ring (bicyclic) bond motifs is 14. The van der Waals surface area contributed by atoms with Gasteiger partial charge in [-0.25, -0.2) is 0 Å². The van der Waals surface area contributed by atoms with Gasteiger partial charge in [0.05, 0.1) is 11.1 Å². The Hall–Kier alpha value is -2.68. The molecule has 3 aromatic carbocycles. The number of hydrogen-bond donors (Lipinski definition) is 0. The van der Waals surface area contributed by atoms with E-state index in [4.69, 9.17) is 0 Å². The van der Waals surface area contributed by atoms with Crippen LogP contribution in [0.2, 0.25) is 0 Å². The minimum Gasteiger partial charge on any atom is -0.335 e. The molecule has 4 fully saturated rings. The molecule has 8 unspecified atom stereocenters. The second kappa shape index (κ2) is 9.46. The van der Waals surface area contributed by atoms with E-state index in [0.717, 1.165) is 23.7 Å². The maximum Gasteiger partial charge on any atom is 0.252 e. The Bertz CT molecular complexity index is 1990. The van der Waals surface area contributed by atoms with Crippen molar-refractivity contribution in [1.29, 1.82) is 0 Å². The molecule has 2 nitrogen and oxygen atoms in total. The Morgan fingerprint density at radius 3 is 1.76 bits per heavy atom. The lowest BCUT2D eigenvalue weighted by molar-refractivity contribution is 0.0334. The van der Waals surface area contributed by atoms with Crippen LogP contribution in [0.4, 0.5) is 22.7 Å². The minimum absolute atomic E-state index is 0.0707. The van der Waals surface area contributed by atoms with Gasteiger partial charge >= 0.3 is 0 Å². The summed E-state index contributed by atoms with van der Waals surface area (Å²) in [6.07, 6.45) is 16.7. The highest BCUT2D eigenvalue weighted by Gasteiger charge is 2.69. The van der Waals surface area contributed by atoms with Crippen LogP contribution in [-0.2, 0) is 16.2 Å². The zero-order valence-electron chi connectivity index (χ0n) is 32.3. The van der Waals surface area contributed by atoms with Gasteiger partial charge in [0, 0.05) is 33.6 Å². The third kappa shape index (κ3) is 3.26. The molecule has 0 spiro atoms. The smallest absolute Gasteiger partial charge is 0.252 e. The third-order valence-corrected chi connectivity index (χ3v) is 17.8. The lowest BCUT2D eigenvalue weighted by Crippen LogP contribution is -2.69. The predicted octanol–water partition coefficient (Wildman–Crippen LogP) is 9.97. The molecule has 11 rings (SSSR count). The van der Waals surface area contributed by atoms with Crippen LogP contribution in [0.25, 0.3) is 0 Å². The standard InChI is InChI=1S/C47H59BN2/c1-28-24-38-40-39(25-28)50-42-35(45(6)23-21-30-15-10-12-17-33(30)47(45,50)8)26-31(43(2,3)4)27-37(42)48(40)36-19-13-18-34-41(36)49(38)46(7)32-16-11-9-14-29(32)20-22-44(34,46)5/h13,18-19,24-27,29-30,32-33H,9-12,14-17,20-23H2,1-8H3. The maximum atomic E-state index is 3.05. The van der Waals surface area contributed by atoms with Crippen molar-refractivity contribution in [3.8, 4) is 0 Å². The molecule has 4 saturated carbocycles. The highest BCUT2D eigenvalue weighted by molar-refractivity contribution is 7.00.